The second-order valence-electron chi connectivity index (χ2n) is 4.82. The molecule has 134 valence electrons. The van der Waals surface area contributed by atoms with Crippen LogP contribution in [0.25, 0.3) is 4.85 Å². The summed E-state index contributed by atoms with van der Waals surface area (Å²) in [5.74, 6) is 0.630. The van der Waals surface area contributed by atoms with E-state index in [4.69, 9.17) is 18.2 Å². The lowest BCUT2D eigenvalue weighted by molar-refractivity contribution is -0.116. The Balaban J connectivity index is 4.87. The number of aliphatic imine (C=N–C) groups is 1. The zero-order chi connectivity index (χ0) is 19.2. The molecule has 5 nitrogen and oxygen atoms in total. The number of nitrogens with one attached hydrogen (secondary N) is 2. The minimum absolute atomic E-state index is 0.292. The summed E-state index contributed by atoms with van der Waals surface area (Å²) in [6.07, 6.45) is 8.39. The van der Waals surface area contributed by atoms with E-state index in [2.05, 4.69) is 27.0 Å². The number of rotatable bonds is 9. The van der Waals surface area contributed by atoms with Crippen LogP contribution in [-0.2, 0) is 4.79 Å². The van der Waals surface area contributed by atoms with Gasteiger partial charge in [-0.2, -0.15) is 0 Å². The van der Waals surface area contributed by atoms with E-state index >= 15 is 0 Å². The molecule has 0 unspecified atom stereocenters. The maximum atomic E-state index is 12.3. The molecule has 25 heavy (non-hydrogen) atoms. The van der Waals surface area contributed by atoms with Crippen LogP contribution in [-0.4, -0.2) is 18.0 Å². The fraction of sp³-hybridized carbons (Fsp3) is 0.278. The van der Waals surface area contributed by atoms with Gasteiger partial charge in [0.2, 0.25) is 0 Å². The molecule has 2 N–H and O–H groups in total. The second kappa shape index (κ2) is 13.1. The van der Waals surface area contributed by atoms with Gasteiger partial charge in [0, 0.05) is 16.9 Å². The van der Waals surface area contributed by atoms with Crippen molar-refractivity contribution in [2.45, 2.75) is 27.7 Å². The van der Waals surface area contributed by atoms with Crippen LogP contribution < -0.4 is 10.6 Å². The Hall–Kier alpha value is -2.23. The molecule has 0 spiro atoms. The Kier molecular flexibility index (Phi) is 11.9. The average Bonchev–Trinajstić information content (AvgIpc) is 2.53. The number of amides is 1. The first-order valence-electron chi connectivity index (χ1n) is 7.45. The molecular weight excluding hydrogens is 356 g/mol. The van der Waals surface area contributed by atoms with Crippen LogP contribution in [0.3, 0.4) is 0 Å². The number of hydrogen-bond acceptors (Lipinski definition) is 4. The van der Waals surface area contributed by atoms with Gasteiger partial charge in [0.15, 0.2) is 4.91 Å². The lowest BCUT2D eigenvalue weighted by Crippen LogP contribution is -2.23. The van der Waals surface area contributed by atoms with Gasteiger partial charge < -0.3 is 10.6 Å². The molecule has 0 heterocycles. The summed E-state index contributed by atoms with van der Waals surface area (Å²) in [6, 6.07) is 0. The van der Waals surface area contributed by atoms with Crippen molar-refractivity contribution >= 4 is 35.5 Å². The van der Waals surface area contributed by atoms with Gasteiger partial charge in [0.1, 0.15) is 5.82 Å². The van der Waals surface area contributed by atoms with E-state index < -0.39 is 0 Å². The highest BCUT2D eigenvalue weighted by Gasteiger charge is 2.14. The molecule has 0 aromatic carbocycles. The predicted molar refractivity (Wildman–Crippen MR) is 111 cm³/mol. The van der Waals surface area contributed by atoms with Gasteiger partial charge in [-0.1, -0.05) is 42.1 Å². The smallest absolute Gasteiger partial charge is 0.324 e. The minimum Gasteiger partial charge on any atom is -0.361 e. The number of nitrogens with zero attached hydrogens (tertiary/aromatic N) is 2. The fourth-order valence-corrected chi connectivity index (χ4v) is 2.19. The van der Waals surface area contributed by atoms with E-state index in [9.17, 15) is 4.79 Å². The lowest BCUT2D eigenvalue weighted by atomic mass is 10.2. The van der Waals surface area contributed by atoms with Crippen LogP contribution in [0.1, 0.15) is 27.7 Å². The van der Waals surface area contributed by atoms with Crippen LogP contribution in [0, 0.1) is 6.57 Å². The zero-order valence-electron chi connectivity index (χ0n) is 15.0. The molecule has 0 atom stereocenters. The molecule has 0 bridgehead atoms. The minimum atomic E-state index is -0.292. The maximum absolute atomic E-state index is 12.3. The summed E-state index contributed by atoms with van der Waals surface area (Å²) in [5, 5.41) is 6.46. The highest BCUT2D eigenvalue weighted by molar-refractivity contribution is 8.03. The summed E-state index contributed by atoms with van der Waals surface area (Å²) in [7, 11) is 0. The highest BCUT2D eigenvalue weighted by Crippen LogP contribution is 2.16. The molecule has 7 heteroatoms. The third-order valence-corrected chi connectivity index (χ3v) is 3.79. The van der Waals surface area contributed by atoms with E-state index in [1.807, 2.05) is 26.0 Å². The molecule has 0 aliphatic carbocycles. The monoisotopic (exact) mass is 379 g/mol. The third-order valence-electron chi connectivity index (χ3n) is 2.77. The van der Waals surface area contributed by atoms with Gasteiger partial charge in [0.25, 0.3) is 12.5 Å². The molecule has 0 fully saturated rings. The van der Waals surface area contributed by atoms with Crippen molar-refractivity contribution in [2.75, 3.05) is 5.88 Å². The fourth-order valence-electron chi connectivity index (χ4n) is 1.41. The number of halogens is 1. The van der Waals surface area contributed by atoms with Gasteiger partial charge >= 0.3 is 6.20 Å². The predicted octanol–water partition coefficient (Wildman–Crippen LogP) is 4.74. The van der Waals surface area contributed by atoms with Crippen molar-refractivity contribution in [2.24, 2.45) is 4.99 Å². The van der Waals surface area contributed by atoms with Crippen molar-refractivity contribution in [3.05, 3.63) is 62.9 Å². The Bertz CT molecular complexity index is 678. The molecule has 0 radical (unpaired) electrons. The standard InChI is InChI=1S/C18H23ClN4OS/c1-7-21-16(5)22-12-25-17(11-20-6)18(24)23-15(4)13(2)9-8-10-14(3)19/h6-11,22H,5,12H2,1-4H3/p+1/b9-8-,14-10+,15-13+,17-11-,21-7?. The molecule has 0 aromatic heterocycles. The Labute approximate surface area is 159 Å². The molecule has 0 aliphatic heterocycles. The van der Waals surface area contributed by atoms with E-state index in [1.54, 1.807) is 26.1 Å². The van der Waals surface area contributed by atoms with Gasteiger partial charge in [-0.3, -0.25) is 4.79 Å². The molecule has 0 rings (SSSR count). The number of allylic oxidation sites excluding steroid dienone is 6. The average molecular weight is 380 g/mol. The van der Waals surface area contributed by atoms with E-state index in [0.717, 1.165) is 11.3 Å². The van der Waals surface area contributed by atoms with Crippen molar-refractivity contribution in [3.63, 3.8) is 0 Å². The molecule has 0 aromatic rings. The number of thioether (sulfide) groups is 1. The number of hydrogen-bond donors (Lipinski definition) is 2. The quantitative estimate of drug-likeness (QED) is 0.263. The van der Waals surface area contributed by atoms with E-state index in [0.29, 0.717) is 21.6 Å². The Morgan fingerprint density at radius 2 is 2.08 bits per heavy atom. The SMILES string of the molecule is C#[N+]/C=C(\SCNC(=C)N=CC)C(=O)N/C(C)=C(C)/C=C\C=C(/C)Cl. The normalized spacial score (nSPS) is 13.6. The van der Waals surface area contributed by atoms with Crippen LogP contribution in [0.5, 0.6) is 0 Å². The Morgan fingerprint density at radius 1 is 1.40 bits per heavy atom. The maximum Gasteiger partial charge on any atom is 0.324 e. The summed E-state index contributed by atoms with van der Waals surface area (Å²) >= 11 is 7.01. The first-order valence-corrected chi connectivity index (χ1v) is 8.81. The summed E-state index contributed by atoms with van der Waals surface area (Å²) in [4.78, 5) is 20.1. The molecule has 1 amide bonds. The van der Waals surface area contributed by atoms with Crippen LogP contribution in [0.15, 0.2) is 63.0 Å². The molecule has 0 saturated carbocycles. The number of carbonyl (C=O) groups excluding carboxylic acids is 1. The molecule has 0 aliphatic rings. The lowest BCUT2D eigenvalue weighted by Gasteiger charge is -2.09. The van der Waals surface area contributed by atoms with E-state index in [-0.39, 0.29) is 5.91 Å². The first kappa shape index (κ1) is 22.8. The van der Waals surface area contributed by atoms with Gasteiger partial charge in [-0.05, 0) is 44.2 Å². The van der Waals surface area contributed by atoms with Crippen LogP contribution in [0.2, 0.25) is 0 Å². The van der Waals surface area contributed by atoms with Gasteiger partial charge in [-0.15, -0.1) is 0 Å². The summed E-state index contributed by atoms with van der Waals surface area (Å²) in [6.45, 7) is 16.2. The van der Waals surface area contributed by atoms with Crippen molar-refractivity contribution in [3.8, 4) is 6.57 Å². The van der Waals surface area contributed by atoms with Gasteiger partial charge in [0.05, 0.1) is 5.88 Å². The third kappa shape index (κ3) is 11.0. The van der Waals surface area contributed by atoms with Crippen molar-refractivity contribution in [1.82, 2.24) is 10.6 Å². The largest absolute Gasteiger partial charge is 0.361 e. The highest BCUT2D eigenvalue weighted by atomic mass is 35.5. The molecular formula is C18H24ClN4OS+. The van der Waals surface area contributed by atoms with E-state index in [1.165, 1.54) is 18.0 Å². The van der Waals surface area contributed by atoms with Crippen LogP contribution in [0.4, 0.5) is 0 Å². The number of carbonyl (C=O) groups is 1. The molecule has 0 saturated heterocycles. The second-order valence-corrected chi connectivity index (χ2v) is 6.43. The van der Waals surface area contributed by atoms with Gasteiger partial charge in [-0.25, -0.2) is 4.99 Å². The summed E-state index contributed by atoms with van der Waals surface area (Å²) in [5.41, 5.74) is 1.62. The first-order chi connectivity index (χ1) is 11.8. The Morgan fingerprint density at radius 3 is 2.64 bits per heavy atom. The summed E-state index contributed by atoms with van der Waals surface area (Å²) < 4.78 is 0. The van der Waals surface area contributed by atoms with Crippen molar-refractivity contribution < 1.29 is 4.79 Å². The topological polar surface area (TPSA) is 57.9 Å². The zero-order valence-corrected chi connectivity index (χ0v) is 16.5. The van der Waals surface area contributed by atoms with Crippen molar-refractivity contribution in [1.29, 1.82) is 0 Å². The van der Waals surface area contributed by atoms with Crippen LogP contribution >= 0.6 is 23.4 Å².